The number of halogens is 3. The lowest BCUT2D eigenvalue weighted by Gasteiger charge is -2.40. The van der Waals surface area contributed by atoms with Crippen LogP contribution in [-0.4, -0.2) is 58.6 Å². The minimum Gasteiger partial charge on any atom is -0.327 e. The highest BCUT2D eigenvalue weighted by Gasteiger charge is 2.51. The summed E-state index contributed by atoms with van der Waals surface area (Å²) in [6.45, 7) is 1.87. The molecule has 1 aromatic carbocycles. The van der Waals surface area contributed by atoms with E-state index in [4.69, 9.17) is 4.84 Å². The average molecular weight is 454 g/mol. The molecule has 0 bridgehead atoms. The number of hydrogen-bond acceptors (Lipinski definition) is 8. The number of carbonyl (C=O) groups excluding carboxylic acids is 1. The number of hydrogen-bond donors (Lipinski definition) is 1. The van der Waals surface area contributed by atoms with Gasteiger partial charge in [-0.1, -0.05) is 18.2 Å². The van der Waals surface area contributed by atoms with Crippen molar-refractivity contribution in [3.63, 3.8) is 0 Å². The smallest absolute Gasteiger partial charge is 0.327 e. The summed E-state index contributed by atoms with van der Waals surface area (Å²) in [5.41, 5.74) is -1.08. The van der Waals surface area contributed by atoms with Gasteiger partial charge in [-0.3, -0.25) is 23.7 Å². The zero-order valence-corrected chi connectivity index (χ0v) is 17.3. The number of piperazine rings is 1. The molecular weight excluding hydrogens is 433 g/mol. The second-order valence-electron chi connectivity index (χ2n) is 7.42. The third-order valence-corrected chi connectivity index (χ3v) is 5.43. The van der Waals surface area contributed by atoms with Crippen molar-refractivity contribution >= 4 is 23.2 Å². The zero-order valence-electron chi connectivity index (χ0n) is 17.3. The Morgan fingerprint density at radius 1 is 1.06 bits per heavy atom. The number of hydroxylamine groups is 1. The lowest BCUT2D eigenvalue weighted by molar-refractivity contribution is -0.203. The zero-order chi connectivity index (χ0) is 23.2. The van der Waals surface area contributed by atoms with Crippen LogP contribution in [0.3, 0.4) is 0 Å². The van der Waals surface area contributed by atoms with Gasteiger partial charge in [-0.2, -0.15) is 13.2 Å². The van der Waals surface area contributed by atoms with E-state index in [2.05, 4.69) is 5.32 Å². The van der Waals surface area contributed by atoms with Crippen LogP contribution in [0.5, 0.6) is 0 Å². The van der Waals surface area contributed by atoms with Crippen LogP contribution in [0.4, 0.5) is 30.4 Å². The number of nitrogens with zero attached hydrogens (tertiary/aromatic N) is 5. The van der Waals surface area contributed by atoms with Crippen molar-refractivity contribution in [2.75, 3.05) is 36.1 Å². The van der Waals surface area contributed by atoms with Gasteiger partial charge in [0.2, 0.25) is 6.29 Å². The van der Waals surface area contributed by atoms with Gasteiger partial charge in [-0.15, -0.1) is 5.06 Å². The minimum atomic E-state index is -5.27. The molecule has 172 valence electrons. The van der Waals surface area contributed by atoms with E-state index < -0.39 is 29.7 Å². The van der Waals surface area contributed by atoms with Crippen LogP contribution < -0.4 is 26.5 Å². The molecule has 1 fully saturated rings. The van der Waals surface area contributed by atoms with Gasteiger partial charge >= 0.3 is 17.8 Å². The van der Waals surface area contributed by atoms with Crippen LogP contribution in [0.15, 0.2) is 39.9 Å². The second kappa shape index (κ2) is 7.98. The normalized spacial score (nSPS) is 19.2. The first kappa shape index (κ1) is 21.9. The Morgan fingerprint density at radius 3 is 2.28 bits per heavy atom. The molecule has 0 amide bonds. The van der Waals surface area contributed by atoms with Gasteiger partial charge in [-0.05, 0) is 12.1 Å². The Balaban J connectivity index is 1.98. The van der Waals surface area contributed by atoms with Crippen LogP contribution in [0, 0.1) is 0 Å². The summed E-state index contributed by atoms with van der Waals surface area (Å²) in [4.78, 5) is 45.7. The molecule has 0 radical (unpaired) electrons. The highest BCUT2D eigenvalue weighted by atomic mass is 19.4. The number of anilines is 3. The van der Waals surface area contributed by atoms with Crippen LogP contribution >= 0.6 is 0 Å². The lowest BCUT2D eigenvalue weighted by atomic mass is 10.2. The maximum atomic E-state index is 13.2. The van der Waals surface area contributed by atoms with Gasteiger partial charge < -0.3 is 10.2 Å². The summed E-state index contributed by atoms with van der Waals surface area (Å²) in [6.07, 6.45) is -6.38. The van der Waals surface area contributed by atoms with Crippen LogP contribution in [0.2, 0.25) is 0 Å². The fraction of sp³-hybridized carbons (Fsp3) is 0.421. The monoisotopic (exact) mass is 454 g/mol. The Hall–Kier alpha value is -3.32. The van der Waals surface area contributed by atoms with Crippen molar-refractivity contribution in [1.82, 2.24) is 19.4 Å². The Labute approximate surface area is 179 Å². The first-order chi connectivity index (χ1) is 15.1. The number of benzene rings is 1. The number of carbonyl (C=O) groups is 1. The second-order valence-corrected chi connectivity index (χ2v) is 7.42. The van der Waals surface area contributed by atoms with E-state index >= 15 is 0 Å². The number of alkyl halides is 3. The first-order valence-corrected chi connectivity index (χ1v) is 9.80. The number of rotatable bonds is 3. The van der Waals surface area contributed by atoms with Crippen molar-refractivity contribution in [3.05, 3.63) is 51.2 Å². The fourth-order valence-corrected chi connectivity index (χ4v) is 3.92. The van der Waals surface area contributed by atoms with E-state index in [1.165, 1.54) is 19.0 Å². The van der Waals surface area contributed by atoms with Crippen LogP contribution in [-0.2, 0) is 23.7 Å². The molecule has 2 aliphatic rings. The van der Waals surface area contributed by atoms with Crippen molar-refractivity contribution in [2.45, 2.75) is 12.5 Å². The van der Waals surface area contributed by atoms with E-state index in [9.17, 15) is 27.6 Å². The molecule has 13 heteroatoms. The average Bonchev–Trinajstić information content (AvgIpc) is 3.11. The molecule has 10 nitrogen and oxygen atoms in total. The number of aromatic nitrogens is 2. The van der Waals surface area contributed by atoms with Crippen LogP contribution in [0.1, 0.15) is 0 Å². The Morgan fingerprint density at radius 2 is 1.69 bits per heavy atom. The molecule has 0 aliphatic carbocycles. The van der Waals surface area contributed by atoms with Crippen molar-refractivity contribution < 1.29 is 22.8 Å². The molecule has 1 aromatic heterocycles. The molecule has 4 rings (SSSR count). The predicted molar refractivity (Wildman–Crippen MR) is 108 cm³/mol. The van der Waals surface area contributed by atoms with Gasteiger partial charge in [0.1, 0.15) is 0 Å². The van der Waals surface area contributed by atoms with E-state index in [1.807, 2.05) is 0 Å². The van der Waals surface area contributed by atoms with Crippen LogP contribution in [0.25, 0.3) is 0 Å². The molecule has 2 aromatic rings. The standard InChI is InChI=1S/C19H21F3N6O4/c1-24-14-13(15(29)25(2)18(24)31)27(12-6-4-3-5-7-12)17(26-10-8-23-9-11-26)28(14)32-16(30)19(20,21)22/h3-7,17,23H,8-11H2,1-2H3. The summed E-state index contributed by atoms with van der Waals surface area (Å²) in [5.74, 6) is -2.69. The van der Waals surface area contributed by atoms with Gasteiger partial charge in [0.25, 0.3) is 5.56 Å². The van der Waals surface area contributed by atoms with E-state index in [0.29, 0.717) is 36.9 Å². The summed E-state index contributed by atoms with van der Waals surface area (Å²) in [6, 6.07) is 8.53. The summed E-state index contributed by atoms with van der Waals surface area (Å²) < 4.78 is 41.2. The molecule has 1 unspecified atom stereocenters. The van der Waals surface area contributed by atoms with Gasteiger partial charge in [0, 0.05) is 46.0 Å². The third kappa shape index (κ3) is 3.52. The molecule has 2 aliphatic heterocycles. The largest absolute Gasteiger partial charge is 0.493 e. The van der Waals surface area contributed by atoms with Gasteiger partial charge in [-0.25, -0.2) is 9.59 Å². The van der Waals surface area contributed by atoms with E-state index in [1.54, 1.807) is 35.2 Å². The van der Waals surface area contributed by atoms with Crippen molar-refractivity contribution in [2.24, 2.45) is 14.1 Å². The Bertz CT molecular complexity index is 1140. The topological polar surface area (TPSA) is 92.1 Å². The first-order valence-electron chi connectivity index (χ1n) is 9.80. The minimum absolute atomic E-state index is 0.0701. The number of fused-ring (bicyclic) bond motifs is 1. The van der Waals surface area contributed by atoms with Crippen molar-refractivity contribution in [1.29, 1.82) is 0 Å². The van der Waals surface area contributed by atoms with Crippen molar-refractivity contribution in [3.8, 4) is 0 Å². The Kier molecular flexibility index (Phi) is 5.46. The maximum Gasteiger partial charge on any atom is 0.493 e. The quantitative estimate of drug-likeness (QED) is 0.706. The fourth-order valence-electron chi connectivity index (χ4n) is 3.92. The molecule has 1 atom stereocenters. The highest BCUT2D eigenvalue weighted by molar-refractivity contribution is 5.83. The molecular formula is C19H21F3N6O4. The predicted octanol–water partition coefficient (Wildman–Crippen LogP) is 0.251. The SMILES string of the molecule is Cn1c2c(c(=O)n(C)c1=O)N(c1ccccc1)C(N1CCNCC1)N2OC(=O)C(F)(F)F. The maximum absolute atomic E-state index is 13.2. The highest BCUT2D eigenvalue weighted by Crippen LogP contribution is 2.42. The van der Waals surface area contributed by atoms with Gasteiger partial charge in [0.05, 0.1) is 0 Å². The number of nitrogens with one attached hydrogen (secondary N) is 1. The molecule has 1 N–H and O–H groups in total. The summed E-state index contributed by atoms with van der Waals surface area (Å²) in [5, 5.41) is 3.86. The number of para-hydroxylation sites is 1. The van der Waals surface area contributed by atoms with E-state index in [0.717, 1.165) is 9.13 Å². The molecule has 3 heterocycles. The summed E-state index contributed by atoms with van der Waals surface area (Å²) >= 11 is 0. The molecule has 1 saturated heterocycles. The van der Waals surface area contributed by atoms with Gasteiger partial charge in [0.15, 0.2) is 11.5 Å². The molecule has 0 saturated carbocycles. The lowest BCUT2D eigenvalue weighted by Crippen LogP contribution is -2.60. The molecule has 32 heavy (non-hydrogen) atoms. The third-order valence-electron chi connectivity index (χ3n) is 5.43. The molecule has 0 spiro atoms. The summed E-state index contributed by atoms with van der Waals surface area (Å²) in [7, 11) is 2.58. The van der Waals surface area contributed by atoms with E-state index in [-0.39, 0.29) is 11.5 Å².